The molecule has 6 heteroatoms. The minimum Gasteiger partial charge on any atom is -0.318 e. The van der Waals surface area contributed by atoms with Crippen LogP contribution in [0.3, 0.4) is 0 Å². The number of carbonyl (C=O) groups excluding carboxylic acids is 1. The fraction of sp³-hybridized carbons (Fsp3) is 0.467. The maximum Gasteiger partial charge on any atom is 0.341 e. The molecule has 2 heterocycles. The number of nitrogens with one attached hydrogen (secondary N) is 1. The number of hydrazone groups is 1. The Morgan fingerprint density at radius 1 is 1.48 bits per heavy atom. The molecule has 1 fully saturated rings. The van der Waals surface area contributed by atoms with Crippen molar-refractivity contribution in [3.8, 4) is 0 Å². The van der Waals surface area contributed by atoms with Gasteiger partial charge in [0.1, 0.15) is 5.82 Å². The van der Waals surface area contributed by atoms with Crippen molar-refractivity contribution in [2.45, 2.75) is 25.4 Å². The molecule has 0 bridgehead atoms. The van der Waals surface area contributed by atoms with Crippen molar-refractivity contribution >= 4 is 12.2 Å². The molecule has 2 aliphatic heterocycles. The van der Waals surface area contributed by atoms with Crippen LogP contribution >= 0.6 is 0 Å². The molecule has 0 spiro atoms. The smallest absolute Gasteiger partial charge is 0.318 e. The van der Waals surface area contributed by atoms with Crippen molar-refractivity contribution < 1.29 is 9.18 Å². The molecule has 1 aromatic rings. The largest absolute Gasteiger partial charge is 0.341 e. The van der Waals surface area contributed by atoms with E-state index in [4.69, 9.17) is 0 Å². The summed E-state index contributed by atoms with van der Waals surface area (Å²) < 4.78 is 13.4. The van der Waals surface area contributed by atoms with Crippen molar-refractivity contribution in [2.24, 2.45) is 5.10 Å². The molecule has 3 rings (SSSR count). The fourth-order valence-corrected chi connectivity index (χ4v) is 2.85. The summed E-state index contributed by atoms with van der Waals surface area (Å²) in [5.41, 5.74) is 0.781. The van der Waals surface area contributed by atoms with Gasteiger partial charge in [0.05, 0.1) is 6.04 Å². The monoisotopic (exact) mass is 290 g/mol. The molecule has 1 aromatic carbocycles. The first-order valence-corrected chi connectivity index (χ1v) is 7.25. The third kappa shape index (κ3) is 2.76. The van der Waals surface area contributed by atoms with E-state index in [1.807, 2.05) is 17.9 Å². The van der Waals surface area contributed by atoms with Gasteiger partial charge >= 0.3 is 6.03 Å². The molecule has 21 heavy (non-hydrogen) atoms. The zero-order chi connectivity index (χ0) is 14.8. The topological polar surface area (TPSA) is 47.9 Å². The molecule has 2 unspecified atom stereocenters. The molecule has 5 nitrogen and oxygen atoms in total. The van der Waals surface area contributed by atoms with Gasteiger partial charge in [-0.1, -0.05) is 12.1 Å². The molecular formula is C15H19FN4O. The van der Waals surface area contributed by atoms with Crippen LogP contribution in [0, 0.1) is 5.82 Å². The lowest BCUT2D eigenvalue weighted by atomic mass is 10.0. The number of urea groups is 1. The van der Waals surface area contributed by atoms with E-state index in [2.05, 4.69) is 10.4 Å². The summed E-state index contributed by atoms with van der Waals surface area (Å²) in [5, 5.41) is 8.95. The minimum absolute atomic E-state index is 0.105. The summed E-state index contributed by atoms with van der Waals surface area (Å²) >= 11 is 0. The predicted octanol–water partition coefficient (Wildman–Crippen LogP) is 1.97. The number of nitrogens with zero attached hydrogens (tertiary/aromatic N) is 3. The summed E-state index contributed by atoms with van der Waals surface area (Å²) in [4.78, 5) is 14.5. The molecule has 0 aromatic heterocycles. The normalized spacial score (nSPS) is 25.4. The molecule has 0 radical (unpaired) electrons. The lowest BCUT2D eigenvalue weighted by molar-refractivity contribution is 0.117. The van der Waals surface area contributed by atoms with E-state index >= 15 is 0 Å². The average molecular weight is 290 g/mol. The summed E-state index contributed by atoms with van der Waals surface area (Å²) in [5.74, 6) is -0.290. The Hall–Kier alpha value is -1.95. The summed E-state index contributed by atoms with van der Waals surface area (Å²) in [6.45, 7) is 4.26. The van der Waals surface area contributed by atoms with Gasteiger partial charge in [0.25, 0.3) is 0 Å². The second-order valence-electron chi connectivity index (χ2n) is 5.48. The lowest BCUT2D eigenvalue weighted by Gasteiger charge is -2.37. The number of hydrogen-bond acceptors (Lipinski definition) is 3. The van der Waals surface area contributed by atoms with Crippen molar-refractivity contribution in [2.75, 3.05) is 19.6 Å². The number of piperazine rings is 1. The number of benzene rings is 1. The van der Waals surface area contributed by atoms with Crippen LogP contribution in [0.15, 0.2) is 29.4 Å². The van der Waals surface area contributed by atoms with E-state index in [0.717, 1.165) is 18.7 Å². The zero-order valence-corrected chi connectivity index (χ0v) is 12.0. The number of amides is 2. The first kappa shape index (κ1) is 14.0. The summed E-state index contributed by atoms with van der Waals surface area (Å²) in [7, 11) is 0. The highest BCUT2D eigenvalue weighted by atomic mass is 19.1. The van der Waals surface area contributed by atoms with Gasteiger partial charge in [-0.15, -0.1) is 0 Å². The number of rotatable bonds is 1. The summed E-state index contributed by atoms with van der Waals surface area (Å²) in [6, 6.07) is 6.20. The van der Waals surface area contributed by atoms with E-state index < -0.39 is 0 Å². The van der Waals surface area contributed by atoms with Crippen LogP contribution in [-0.4, -0.2) is 47.8 Å². The molecule has 1 N–H and O–H groups in total. The second kappa shape index (κ2) is 5.81. The average Bonchev–Trinajstić information content (AvgIpc) is 2.96. The van der Waals surface area contributed by atoms with Crippen LogP contribution in [0.2, 0.25) is 0 Å². The van der Waals surface area contributed by atoms with Gasteiger partial charge in [-0.2, -0.15) is 5.10 Å². The van der Waals surface area contributed by atoms with Crippen molar-refractivity contribution in [3.63, 3.8) is 0 Å². The maximum atomic E-state index is 13.4. The van der Waals surface area contributed by atoms with Crippen molar-refractivity contribution in [1.29, 1.82) is 0 Å². The van der Waals surface area contributed by atoms with Crippen molar-refractivity contribution in [3.05, 3.63) is 35.6 Å². The van der Waals surface area contributed by atoms with Gasteiger partial charge < -0.3 is 10.2 Å². The highest BCUT2D eigenvalue weighted by Crippen LogP contribution is 2.30. The molecule has 2 amide bonds. The van der Waals surface area contributed by atoms with E-state index in [0.29, 0.717) is 13.0 Å². The number of hydrogen-bond donors (Lipinski definition) is 1. The Labute approximate surface area is 123 Å². The van der Waals surface area contributed by atoms with Crippen LogP contribution in [0.4, 0.5) is 9.18 Å². The quantitative estimate of drug-likeness (QED) is 0.859. The summed E-state index contributed by atoms with van der Waals surface area (Å²) in [6.07, 6.45) is 2.34. The Bertz CT molecular complexity index is 562. The lowest BCUT2D eigenvalue weighted by Crippen LogP contribution is -2.55. The minimum atomic E-state index is -0.290. The third-order valence-electron chi connectivity index (χ3n) is 4.01. The van der Waals surface area contributed by atoms with Gasteiger partial charge in [0.15, 0.2) is 0 Å². The standard InChI is InChI=1S/C15H19FN4O/c1-11-10-17-7-8-19(11)15(21)20-14(5-6-18-20)12-3-2-4-13(16)9-12/h2-4,6,9,11,14,17H,5,7-8,10H2,1H3. The zero-order valence-electron chi connectivity index (χ0n) is 12.0. The third-order valence-corrected chi connectivity index (χ3v) is 4.01. The molecular weight excluding hydrogens is 271 g/mol. The Morgan fingerprint density at radius 3 is 3.10 bits per heavy atom. The Morgan fingerprint density at radius 2 is 2.33 bits per heavy atom. The Balaban J connectivity index is 1.80. The molecule has 1 saturated heterocycles. The molecule has 112 valence electrons. The van der Waals surface area contributed by atoms with Gasteiger partial charge in [-0.25, -0.2) is 14.2 Å². The van der Waals surface area contributed by atoms with Crippen LogP contribution in [-0.2, 0) is 0 Å². The molecule has 0 saturated carbocycles. The molecule has 2 atom stereocenters. The van der Waals surface area contributed by atoms with E-state index in [-0.39, 0.29) is 23.9 Å². The SMILES string of the molecule is CC1CNCCN1C(=O)N1N=CCC1c1cccc(F)c1. The van der Waals surface area contributed by atoms with E-state index in [9.17, 15) is 9.18 Å². The molecule has 2 aliphatic rings. The predicted molar refractivity (Wildman–Crippen MR) is 78.5 cm³/mol. The number of carbonyl (C=O) groups is 1. The molecule has 0 aliphatic carbocycles. The van der Waals surface area contributed by atoms with Gasteiger partial charge in [-0.3, -0.25) is 0 Å². The van der Waals surface area contributed by atoms with E-state index in [1.165, 1.54) is 17.1 Å². The van der Waals surface area contributed by atoms with Crippen LogP contribution in [0.25, 0.3) is 0 Å². The maximum absolute atomic E-state index is 13.4. The van der Waals surface area contributed by atoms with E-state index in [1.54, 1.807) is 12.3 Å². The highest BCUT2D eigenvalue weighted by Gasteiger charge is 2.34. The van der Waals surface area contributed by atoms with Gasteiger partial charge in [0, 0.05) is 38.3 Å². The first-order chi connectivity index (χ1) is 10.2. The highest BCUT2D eigenvalue weighted by molar-refractivity contribution is 5.79. The van der Waals surface area contributed by atoms with Crippen molar-refractivity contribution in [1.82, 2.24) is 15.2 Å². The van der Waals surface area contributed by atoms with Crippen LogP contribution in [0.1, 0.15) is 24.9 Å². The second-order valence-corrected chi connectivity index (χ2v) is 5.48. The first-order valence-electron chi connectivity index (χ1n) is 7.25. The fourth-order valence-electron chi connectivity index (χ4n) is 2.85. The van der Waals surface area contributed by atoms with Gasteiger partial charge in [-0.05, 0) is 24.6 Å². The van der Waals surface area contributed by atoms with Crippen LogP contribution in [0.5, 0.6) is 0 Å². The van der Waals surface area contributed by atoms with Crippen LogP contribution < -0.4 is 5.32 Å². The Kier molecular flexibility index (Phi) is 3.88. The number of halogens is 1. The van der Waals surface area contributed by atoms with Gasteiger partial charge in [0.2, 0.25) is 0 Å².